The number of halogens is 2. The average Bonchev–Trinajstić information content (AvgIpc) is 3.95. The van der Waals surface area contributed by atoms with Crippen molar-refractivity contribution in [1.82, 2.24) is 78.1 Å². The zero-order chi connectivity index (χ0) is 36.8. The summed E-state index contributed by atoms with van der Waals surface area (Å²) in [7, 11) is 0. The van der Waals surface area contributed by atoms with Gasteiger partial charge >= 0.3 is 11.4 Å². The summed E-state index contributed by atoms with van der Waals surface area (Å²) in [5.41, 5.74) is 4.74. The first-order valence-corrected chi connectivity index (χ1v) is 16.0. The van der Waals surface area contributed by atoms with Gasteiger partial charge < -0.3 is 9.97 Å². The Bertz CT molecular complexity index is 3090. The first kappa shape index (κ1) is 32.0. The largest absolute Gasteiger partial charge is 0.328 e. The van der Waals surface area contributed by atoms with E-state index in [-0.39, 0.29) is 42.1 Å². The molecule has 0 saturated heterocycles. The standard InChI is InChI=1S/2C17H11FN8O/c18-10-1-2-14-12(5-10)22-9-26(14)16-21-7-13-15(24-16)25(17(27)23-13)8-11-6-19-3-4-20-11;18-10-1-2-12-14(5-10)26(9-22-12)16-21-7-13-15(24-16)25(17(27)23-13)8-11-6-19-3-4-20-11/h2*1-7,9H,8H2,(H,23,27). The lowest BCUT2D eigenvalue weighted by Gasteiger charge is -2.05. The number of nitrogens with one attached hydrogen (secondary N) is 2. The molecule has 0 radical (unpaired) electrons. The zero-order valence-corrected chi connectivity index (χ0v) is 27.5. The number of rotatable bonds is 6. The third-order valence-corrected chi connectivity index (χ3v) is 8.32. The minimum absolute atomic E-state index is 0.211. The molecule has 8 aromatic heterocycles. The first-order valence-electron chi connectivity index (χ1n) is 16.0. The molecule has 0 fully saturated rings. The van der Waals surface area contributed by atoms with Gasteiger partial charge in [-0.15, -0.1) is 0 Å². The molecular weight excluding hydrogens is 702 g/mol. The lowest BCUT2D eigenvalue weighted by atomic mass is 10.3. The van der Waals surface area contributed by atoms with Crippen molar-refractivity contribution in [3.8, 4) is 11.9 Å². The zero-order valence-electron chi connectivity index (χ0n) is 27.5. The van der Waals surface area contributed by atoms with E-state index in [0.29, 0.717) is 61.7 Å². The number of hydrogen-bond donors (Lipinski definition) is 2. The van der Waals surface area contributed by atoms with Crippen LogP contribution in [0, 0.1) is 11.6 Å². The van der Waals surface area contributed by atoms with E-state index < -0.39 is 0 Å². The van der Waals surface area contributed by atoms with Crippen LogP contribution >= 0.6 is 0 Å². The number of H-pyrrole nitrogens is 2. The van der Waals surface area contributed by atoms with Crippen molar-refractivity contribution in [3.63, 3.8) is 0 Å². The highest BCUT2D eigenvalue weighted by atomic mass is 19.1. The van der Waals surface area contributed by atoms with Crippen LogP contribution in [-0.4, -0.2) is 78.1 Å². The molecular formula is C34H22F2N16O2. The Hall–Kier alpha value is -7.90. The molecule has 2 aromatic carbocycles. The minimum Gasteiger partial charge on any atom is -0.303 e. The second-order valence-electron chi connectivity index (χ2n) is 11.7. The minimum atomic E-state index is -0.383. The summed E-state index contributed by atoms with van der Waals surface area (Å²) in [6.07, 6.45) is 15.5. The monoisotopic (exact) mass is 724 g/mol. The Kier molecular flexibility index (Phi) is 7.72. The molecule has 0 atom stereocenters. The summed E-state index contributed by atoms with van der Waals surface area (Å²) in [6, 6.07) is 8.58. The van der Waals surface area contributed by atoms with Gasteiger partial charge in [-0.05, 0) is 24.3 Å². The molecule has 54 heavy (non-hydrogen) atoms. The number of nitrogens with zero attached hydrogens (tertiary/aromatic N) is 14. The number of aromatic nitrogens is 16. The predicted molar refractivity (Wildman–Crippen MR) is 188 cm³/mol. The predicted octanol–water partition coefficient (Wildman–Crippen LogP) is 2.87. The molecule has 0 aliphatic carbocycles. The van der Waals surface area contributed by atoms with E-state index in [4.69, 9.17) is 0 Å². The van der Waals surface area contributed by atoms with E-state index in [1.807, 2.05) is 0 Å². The second-order valence-corrected chi connectivity index (χ2v) is 11.7. The maximum Gasteiger partial charge on any atom is 0.328 e. The number of benzene rings is 2. The van der Waals surface area contributed by atoms with E-state index >= 15 is 0 Å². The highest BCUT2D eigenvalue weighted by Crippen LogP contribution is 2.20. The fraction of sp³-hybridized carbons (Fsp3) is 0.0588. The summed E-state index contributed by atoms with van der Waals surface area (Å²) in [5, 5.41) is 0. The molecule has 264 valence electrons. The Labute approximate surface area is 298 Å². The molecule has 0 unspecified atom stereocenters. The Morgan fingerprint density at radius 2 is 1.09 bits per heavy atom. The molecule has 10 rings (SSSR count). The van der Waals surface area contributed by atoms with Gasteiger partial charge in [-0.1, -0.05) is 0 Å². The van der Waals surface area contributed by atoms with E-state index in [1.54, 1.807) is 58.4 Å². The van der Waals surface area contributed by atoms with Gasteiger partial charge in [-0.2, -0.15) is 9.97 Å². The van der Waals surface area contributed by atoms with Gasteiger partial charge in [0.05, 0.1) is 71.3 Å². The quantitative estimate of drug-likeness (QED) is 0.253. The lowest BCUT2D eigenvalue weighted by molar-refractivity contribution is 0.628. The van der Waals surface area contributed by atoms with Gasteiger partial charge in [0, 0.05) is 36.9 Å². The Morgan fingerprint density at radius 1 is 0.556 bits per heavy atom. The SMILES string of the molecule is O=c1[nH]c2cnc(-n3cnc4cc(F)ccc43)nc2n1Cc1cnccn1.O=c1[nH]c2cnc(-n3cnc4ccc(F)cc43)nc2n1Cc1cnccn1. The molecule has 2 N–H and O–H groups in total. The van der Waals surface area contributed by atoms with Crippen molar-refractivity contribution < 1.29 is 8.78 Å². The molecule has 20 heteroatoms. The molecule has 0 amide bonds. The molecule has 0 bridgehead atoms. The van der Waals surface area contributed by atoms with Crippen molar-refractivity contribution in [2.45, 2.75) is 13.1 Å². The summed E-state index contributed by atoms with van der Waals surface area (Å²) < 4.78 is 33.1. The van der Waals surface area contributed by atoms with Crippen LogP contribution in [0.3, 0.4) is 0 Å². The molecule has 10 aromatic rings. The maximum atomic E-state index is 13.6. The summed E-state index contributed by atoms with van der Waals surface area (Å²) in [5.74, 6) is -0.148. The van der Waals surface area contributed by atoms with E-state index in [9.17, 15) is 18.4 Å². The molecule has 0 aliphatic heterocycles. The van der Waals surface area contributed by atoms with Gasteiger partial charge in [0.1, 0.15) is 35.3 Å². The van der Waals surface area contributed by atoms with Crippen LogP contribution in [0.1, 0.15) is 11.4 Å². The van der Waals surface area contributed by atoms with Crippen LogP contribution < -0.4 is 11.4 Å². The smallest absolute Gasteiger partial charge is 0.303 e. The van der Waals surface area contributed by atoms with Crippen molar-refractivity contribution in [2.24, 2.45) is 0 Å². The van der Waals surface area contributed by atoms with Crippen LogP contribution in [0.25, 0.3) is 56.3 Å². The molecule has 18 nitrogen and oxygen atoms in total. The van der Waals surface area contributed by atoms with Crippen molar-refractivity contribution >= 4 is 44.4 Å². The topological polar surface area (TPSA) is 214 Å². The van der Waals surface area contributed by atoms with E-state index in [2.05, 4.69) is 59.8 Å². The third-order valence-electron chi connectivity index (χ3n) is 8.32. The maximum absolute atomic E-state index is 13.6. The van der Waals surface area contributed by atoms with Gasteiger partial charge in [0.2, 0.25) is 11.9 Å². The molecule has 8 heterocycles. The van der Waals surface area contributed by atoms with Crippen LogP contribution in [-0.2, 0) is 13.1 Å². The summed E-state index contributed by atoms with van der Waals surface area (Å²) >= 11 is 0. The Morgan fingerprint density at radius 3 is 1.67 bits per heavy atom. The molecule has 0 aliphatic rings. The average molecular weight is 725 g/mol. The molecule has 0 spiro atoms. The number of aromatic amines is 2. The van der Waals surface area contributed by atoms with Crippen molar-refractivity contribution in [2.75, 3.05) is 0 Å². The highest BCUT2D eigenvalue weighted by molar-refractivity contribution is 5.78. The molecule has 0 saturated carbocycles. The second kappa shape index (κ2) is 13.0. The van der Waals surface area contributed by atoms with Gasteiger partial charge in [-0.3, -0.25) is 38.2 Å². The van der Waals surface area contributed by atoms with Crippen LogP contribution in [0.5, 0.6) is 0 Å². The fourth-order valence-corrected chi connectivity index (χ4v) is 5.83. The summed E-state index contributed by atoms with van der Waals surface area (Å²) in [6.45, 7) is 0.432. The van der Waals surface area contributed by atoms with Gasteiger partial charge in [0.25, 0.3) is 0 Å². The summed E-state index contributed by atoms with van der Waals surface area (Å²) in [4.78, 5) is 72.4. The lowest BCUT2D eigenvalue weighted by Crippen LogP contribution is -2.18. The third kappa shape index (κ3) is 5.87. The normalized spacial score (nSPS) is 11.4. The first-order chi connectivity index (χ1) is 26.4. The number of imidazole rings is 4. The van der Waals surface area contributed by atoms with Gasteiger partial charge in [-0.25, -0.2) is 38.3 Å². The van der Waals surface area contributed by atoms with Crippen LogP contribution in [0.15, 0.2) is 108 Å². The highest BCUT2D eigenvalue weighted by Gasteiger charge is 2.16. The van der Waals surface area contributed by atoms with Crippen LogP contribution in [0.4, 0.5) is 8.78 Å². The van der Waals surface area contributed by atoms with Gasteiger partial charge in [0.15, 0.2) is 11.3 Å². The number of fused-ring (bicyclic) bond motifs is 4. The van der Waals surface area contributed by atoms with E-state index in [1.165, 1.54) is 58.4 Å². The number of hydrogen-bond acceptors (Lipinski definition) is 12. The van der Waals surface area contributed by atoms with Crippen molar-refractivity contribution in [1.29, 1.82) is 0 Å². The fourth-order valence-electron chi connectivity index (χ4n) is 5.83. The Balaban J connectivity index is 0.000000142. The van der Waals surface area contributed by atoms with Crippen LogP contribution in [0.2, 0.25) is 0 Å². The van der Waals surface area contributed by atoms with Crippen molar-refractivity contribution in [3.05, 3.63) is 143 Å². The van der Waals surface area contributed by atoms with E-state index in [0.717, 1.165) is 0 Å².